The van der Waals surface area contributed by atoms with E-state index in [1.807, 2.05) is 0 Å². The minimum atomic E-state index is -1.13. The summed E-state index contributed by atoms with van der Waals surface area (Å²) in [5, 5.41) is 14.6. The molecule has 7 heteroatoms. The normalized spacial score (nSPS) is 26.7. The number of carboxylic acids is 1. The van der Waals surface area contributed by atoms with Gasteiger partial charge in [-0.1, -0.05) is 6.92 Å². The molecular weight excluding hydrogens is 262 g/mol. The fraction of sp³-hybridized carbons (Fsp3) is 0.692. The summed E-state index contributed by atoms with van der Waals surface area (Å²) in [4.78, 5) is 36.9. The van der Waals surface area contributed by atoms with Crippen LogP contribution in [0.1, 0.15) is 39.0 Å². The summed E-state index contributed by atoms with van der Waals surface area (Å²) >= 11 is 0. The lowest BCUT2D eigenvalue weighted by Gasteiger charge is -2.34. The highest BCUT2D eigenvalue weighted by atomic mass is 16.4. The molecule has 2 heterocycles. The van der Waals surface area contributed by atoms with Crippen LogP contribution in [0.15, 0.2) is 5.10 Å². The van der Waals surface area contributed by atoms with Gasteiger partial charge in [0.2, 0.25) is 5.91 Å². The first kappa shape index (κ1) is 14.5. The zero-order valence-corrected chi connectivity index (χ0v) is 11.8. The second-order valence-corrected chi connectivity index (χ2v) is 5.21. The number of hydrogen-bond acceptors (Lipinski definition) is 4. The Morgan fingerprint density at radius 3 is 2.65 bits per heavy atom. The van der Waals surface area contributed by atoms with E-state index in [-0.39, 0.29) is 30.4 Å². The Labute approximate surface area is 117 Å². The number of carboxylic acid groups (broad SMARTS) is 1. The Kier molecular flexibility index (Phi) is 3.78. The van der Waals surface area contributed by atoms with Gasteiger partial charge in [0, 0.05) is 26.4 Å². The minimum Gasteiger partial charge on any atom is -0.479 e. The van der Waals surface area contributed by atoms with Gasteiger partial charge in [0.05, 0.1) is 0 Å². The van der Waals surface area contributed by atoms with Crippen LogP contribution in [-0.2, 0) is 14.4 Å². The number of rotatable bonds is 3. The quantitative estimate of drug-likeness (QED) is 0.813. The second-order valence-electron chi connectivity index (χ2n) is 5.21. The lowest BCUT2D eigenvalue weighted by molar-refractivity contribution is -0.154. The van der Waals surface area contributed by atoms with E-state index in [2.05, 4.69) is 5.10 Å². The average Bonchev–Trinajstić information content (AvgIpc) is 2.86. The number of likely N-dealkylation sites (tertiary alicyclic amines) is 1. The van der Waals surface area contributed by atoms with Crippen LogP contribution in [-0.4, -0.2) is 57.6 Å². The van der Waals surface area contributed by atoms with E-state index in [1.54, 1.807) is 6.92 Å². The van der Waals surface area contributed by atoms with Crippen molar-refractivity contribution in [2.45, 2.75) is 44.6 Å². The molecule has 0 saturated carbocycles. The van der Waals surface area contributed by atoms with Gasteiger partial charge in [-0.15, -0.1) is 0 Å². The fourth-order valence-electron chi connectivity index (χ4n) is 2.90. The van der Waals surface area contributed by atoms with Crippen molar-refractivity contribution in [1.82, 2.24) is 9.91 Å². The topological polar surface area (TPSA) is 90.3 Å². The Morgan fingerprint density at radius 1 is 1.40 bits per heavy atom. The maximum Gasteiger partial charge on any atom is 0.329 e. The summed E-state index contributed by atoms with van der Waals surface area (Å²) in [6, 6.07) is 0. The minimum absolute atomic E-state index is 0.136. The Bertz CT molecular complexity index is 488. The predicted octanol–water partition coefficient (Wildman–Crippen LogP) is 0.450. The molecule has 1 N–H and O–H groups in total. The number of aliphatic carboxylic acids is 1. The fourth-order valence-corrected chi connectivity index (χ4v) is 2.90. The van der Waals surface area contributed by atoms with Gasteiger partial charge >= 0.3 is 5.97 Å². The van der Waals surface area contributed by atoms with E-state index in [0.717, 1.165) is 5.01 Å². The zero-order valence-electron chi connectivity index (χ0n) is 11.8. The van der Waals surface area contributed by atoms with Crippen molar-refractivity contribution in [2.75, 3.05) is 13.6 Å². The molecular formula is C13H19N3O4. The van der Waals surface area contributed by atoms with Crippen molar-refractivity contribution in [2.24, 2.45) is 5.10 Å². The van der Waals surface area contributed by atoms with Crippen LogP contribution in [0.25, 0.3) is 0 Å². The van der Waals surface area contributed by atoms with Crippen LogP contribution in [0.3, 0.4) is 0 Å². The van der Waals surface area contributed by atoms with Gasteiger partial charge in [-0.2, -0.15) is 5.10 Å². The molecule has 7 nitrogen and oxygen atoms in total. The van der Waals surface area contributed by atoms with Crippen molar-refractivity contribution in [3.63, 3.8) is 0 Å². The van der Waals surface area contributed by atoms with E-state index >= 15 is 0 Å². The van der Waals surface area contributed by atoms with Gasteiger partial charge in [0.1, 0.15) is 11.3 Å². The first-order valence-corrected chi connectivity index (χ1v) is 6.82. The average molecular weight is 281 g/mol. The Balaban J connectivity index is 2.27. The molecule has 0 aromatic rings. The number of nitrogens with zero attached hydrogens (tertiary/aromatic N) is 3. The monoisotopic (exact) mass is 281 g/mol. The summed E-state index contributed by atoms with van der Waals surface area (Å²) in [6.07, 6.45) is 2.02. The van der Waals surface area contributed by atoms with Crippen molar-refractivity contribution in [3.8, 4) is 0 Å². The molecule has 2 amide bonds. The largest absolute Gasteiger partial charge is 0.479 e. The lowest BCUT2D eigenvalue weighted by Crippen LogP contribution is -2.55. The van der Waals surface area contributed by atoms with Gasteiger partial charge in [-0.25, -0.2) is 9.80 Å². The molecule has 1 fully saturated rings. The van der Waals surface area contributed by atoms with Crippen molar-refractivity contribution in [1.29, 1.82) is 0 Å². The highest BCUT2D eigenvalue weighted by molar-refractivity contribution is 6.40. The molecule has 0 bridgehead atoms. The van der Waals surface area contributed by atoms with Crippen LogP contribution in [0, 0.1) is 0 Å². The standard InChI is InChI=1S/C13H19N3O4/c1-3-13(12(19)20)7-4-8-16(13)11(18)9-5-6-10(17)15(2)14-9/h3-8H2,1-2H3,(H,19,20). The molecule has 2 aliphatic heterocycles. The van der Waals surface area contributed by atoms with Gasteiger partial charge in [-0.05, 0) is 19.3 Å². The Hall–Kier alpha value is -1.92. The van der Waals surface area contributed by atoms with Crippen LogP contribution in [0.4, 0.5) is 0 Å². The van der Waals surface area contributed by atoms with Crippen molar-refractivity contribution in [3.05, 3.63) is 0 Å². The molecule has 0 spiro atoms. The maximum absolute atomic E-state index is 12.5. The van der Waals surface area contributed by atoms with E-state index < -0.39 is 11.5 Å². The third-order valence-electron chi connectivity index (χ3n) is 4.17. The SMILES string of the molecule is CCC1(C(=O)O)CCCN1C(=O)C1=NN(C)C(=O)CC1. The predicted molar refractivity (Wildman–Crippen MR) is 71.0 cm³/mol. The highest BCUT2D eigenvalue weighted by Gasteiger charge is 2.49. The highest BCUT2D eigenvalue weighted by Crippen LogP contribution is 2.33. The van der Waals surface area contributed by atoms with Gasteiger partial charge in [-0.3, -0.25) is 9.59 Å². The number of carbonyl (C=O) groups excluding carboxylic acids is 2. The summed E-state index contributed by atoms with van der Waals surface area (Å²) < 4.78 is 0. The Morgan fingerprint density at radius 2 is 2.10 bits per heavy atom. The van der Waals surface area contributed by atoms with Crippen molar-refractivity contribution >= 4 is 23.5 Å². The third-order valence-corrected chi connectivity index (χ3v) is 4.17. The molecule has 2 aliphatic rings. The van der Waals surface area contributed by atoms with Gasteiger partial charge in [0.15, 0.2) is 0 Å². The molecule has 2 rings (SSSR count). The molecule has 20 heavy (non-hydrogen) atoms. The number of hydrazone groups is 1. The first-order valence-electron chi connectivity index (χ1n) is 6.82. The van der Waals surface area contributed by atoms with Crippen molar-refractivity contribution < 1.29 is 19.5 Å². The molecule has 0 aromatic carbocycles. The third kappa shape index (κ3) is 2.17. The molecule has 1 atom stereocenters. The number of amides is 2. The number of hydrogen-bond donors (Lipinski definition) is 1. The summed E-state index contributed by atoms with van der Waals surface area (Å²) in [6.45, 7) is 2.20. The number of carbonyl (C=O) groups is 3. The van der Waals surface area contributed by atoms with E-state index in [9.17, 15) is 19.5 Å². The van der Waals surface area contributed by atoms with Gasteiger partial charge < -0.3 is 10.0 Å². The smallest absolute Gasteiger partial charge is 0.329 e. The molecule has 0 aliphatic carbocycles. The molecule has 1 saturated heterocycles. The molecule has 110 valence electrons. The zero-order chi connectivity index (χ0) is 14.9. The van der Waals surface area contributed by atoms with E-state index in [0.29, 0.717) is 25.8 Å². The van der Waals surface area contributed by atoms with Crippen LogP contribution >= 0.6 is 0 Å². The van der Waals surface area contributed by atoms with E-state index in [1.165, 1.54) is 11.9 Å². The first-order chi connectivity index (χ1) is 9.42. The van der Waals surface area contributed by atoms with Crippen LogP contribution < -0.4 is 0 Å². The molecule has 0 radical (unpaired) electrons. The molecule has 0 aromatic heterocycles. The van der Waals surface area contributed by atoms with Crippen LogP contribution in [0.2, 0.25) is 0 Å². The molecule has 1 unspecified atom stereocenters. The summed E-state index contributed by atoms with van der Waals surface area (Å²) in [5.74, 6) is -1.46. The maximum atomic E-state index is 12.5. The van der Waals surface area contributed by atoms with E-state index in [4.69, 9.17) is 0 Å². The van der Waals surface area contributed by atoms with Gasteiger partial charge in [0.25, 0.3) is 5.91 Å². The second kappa shape index (κ2) is 5.22. The summed E-state index contributed by atoms with van der Waals surface area (Å²) in [7, 11) is 1.50. The lowest BCUT2D eigenvalue weighted by atomic mass is 9.92. The summed E-state index contributed by atoms with van der Waals surface area (Å²) in [5.41, 5.74) is -0.854. The van der Waals surface area contributed by atoms with Crippen LogP contribution in [0.5, 0.6) is 0 Å².